The van der Waals surface area contributed by atoms with Gasteiger partial charge in [-0.15, -0.1) is 0 Å². The molecule has 1 heterocycles. The summed E-state index contributed by atoms with van der Waals surface area (Å²) < 4.78 is 0. The largest absolute Gasteiger partial charge is 0.286 e. The van der Waals surface area contributed by atoms with Crippen LogP contribution in [0.3, 0.4) is 0 Å². The summed E-state index contributed by atoms with van der Waals surface area (Å²) in [6, 6.07) is 6.85. The smallest absolute Gasteiger partial charge is 0.261 e. The van der Waals surface area contributed by atoms with E-state index in [0.717, 1.165) is 19.3 Å². The van der Waals surface area contributed by atoms with Gasteiger partial charge in [0.15, 0.2) is 0 Å². The van der Waals surface area contributed by atoms with Gasteiger partial charge in [0, 0.05) is 13.1 Å². The van der Waals surface area contributed by atoms with Crippen molar-refractivity contribution in [1.29, 1.82) is 0 Å². The molecule has 21 heavy (non-hydrogen) atoms. The Morgan fingerprint density at radius 2 is 1.57 bits per heavy atom. The first-order chi connectivity index (χ1) is 10.1. The number of hydroxylamine groups is 2. The minimum atomic E-state index is -0.224. The second-order valence-corrected chi connectivity index (χ2v) is 4.99. The molecular weight excluding hydrogens is 272 g/mol. The van der Waals surface area contributed by atoms with Crippen LogP contribution in [0.1, 0.15) is 46.4 Å². The van der Waals surface area contributed by atoms with Crippen molar-refractivity contribution < 1.29 is 19.6 Å². The number of amides is 3. The van der Waals surface area contributed by atoms with E-state index in [9.17, 15) is 14.4 Å². The van der Waals surface area contributed by atoms with Crippen molar-refractivity contribution in [1.82, 2.24) is 9.96 Å². The zero-order chi connectivity index (χ0) is 15.2. The molecule has 1 aliphatic heterocycles. The molecule has 2 rings (SSSR count). The number of nitrogens with zero attached hydrogens (tertiary/aromatic N) is 2. The predicted octanol–water partition coefficient (Wildman–Crippen LogP) is 1.69. The van der Waals surface area contributed by atoms with Crippen molar-refractivity contribution in [2.75, 3.05) is 13.1 Å². The monoisotopic (exact) mass is 290 g/mol. The summed E-state index contributed by atoms with van der Waals surface area (Å²) in [6.07, 6.45) is 3.45. The molecule has 112 valence electrons. The number of unbranched alkanes of at least 4 members (excludes halogenated alkanes) is 3. The number of fused-ring (bicyclic) bond motifs is 1. The fourth-order valence-corrected chi connectivity index (χ4v) is 2.39. The SMILES string of the molecule is O=CN(O)CCCCCCN1C(=O)c2ccccc2C1=O. The topological polar surface area (TPSA) is 77.9 Å². The van der Waals surface area contributed by atoms with Crippen LogP contribution in [0.15, 0.2) is 24.3 Å². The van der Waals surface area contributed by atoms with Gasteiger partial charge in [-0.05, 0) is 25.0 Å². The molecule has 0 atom stereocenters. The third-order valence-electron chi connectivity index (χ3n) is 3.52. The molecule has 6 heteroatoms. The Kier molecular flexibility index (Phi) is 5.05. The molecule has 6 nitrogen and oxygen atoms in total. The highest BCUT2D eigenvalue weighted by Gasteiger charge is 2.34. The van der Waals surface area contributed by atoms with Crippen LogP contribution >= 0.6 is 0 Å². The Bertz CT molecular complexity index is 509. The van der Waals surface area contributed by atoms with Crippen LogP contribution in [0.4, 0.5) is 0 Å². The van der Waals surface area contributed by atoms with Crippen LogP contribution in [-0.4, -0.2) is 46.5 Å². The van der Waals surface area contributed by atoms with Crippen molar-refractivity contribution in [3.63, 3.8) is 0 Å². The molecule has 0 fully saturated rings. The van der Waals surface area contributed by atoms with Gasteiger partial charge in [0.25, 0.3) is 11.8 Å². The van der Waals surface area contributed by atoms with Crippen LogP contribution in [0.5, 0.6) is 0 Å². The van der Waals surface area contributed by atoms with Crippen molar-refractivity contribution in [2.24, 2.45) is 0 Å². The number of hydrogen-bond donors (Lipinski definition) is 1. The molecule has 0 bridgehead atoms. The second-order valence-electron chi connectivity index (χ2n) is 4.99. The van der Waals surface area contributed by atoms with E-state index in [4.69, 9.17) is 5.21 Å². The van der Waals surface area contributed by atoms with E-state index < -0.39 is 0 Å². The first kappa shape index (κ1) is 15.2. The van der Waals surface area contributed by atoms with Crippen LogP contribution in [0, 0.1) is 0 Å². The zero-order valence-electron chi connectivity index (χ0n) is 11.7. The fraction of sp³-hybridized carbons (Fsp3) is 0.400. The highest BCUT2D eigenvalue weighted by atomic mass is 16.5. The minimum absolute atomic E-state index is 0.224. The van der Waals surface area contributed by atoms with E-state index in [0.29, 0.717) is 42.1 Å². The summed E-state index contributed by atoms with van der Waals surface area (Å²) in [5, 5.41) is 9.54. The van der Waals surface area contributed by atoms with Crippen molar-refractivity contribution in [2.45, 2.75) is 25.7 Å². The number of carbonyl (C=O) groups is 3. The first-order valence-corrected chi connectivity index (χ1v) is 7.01. The van der Waals surface area contributed by atoms with E-state index in [1.807, 2.05) is 0 Å². The van der Waals surface area contributed by atoms with E-state index in [1.165, 1.54) is 4.90 Å². The molecule has 0 saturated heterocycles. The van der Waals surface area contributed by atoms with Crippen LogP contribution < -0.4 is 0 Å². The van der Waals surface area contributed by atoms with E-state index in [2.05, 4.69) is 0 Å². The lowest BCUT2D eigenvalue weighted by Crippen LogP contribution is -2.30. The predicted molar refractivity (Wildman–Crippen MR) is 74.8 cm³/mol. The summed E-state index contributed by atoms with van der Waals surface area (Å²) in [7, 11) is 0. The van der Waals surface area contributed by atoms with Gasteiger partial charge in [0.05, 0.1) is 11.1 Å². The molecule has 0 aromatic heterocycles. The van der Waals surface area contributed by atoms with Crippen molar-refractivity contribution in [3.8, 4) is 0 Å². The van der Waals surface area contributed by atoms with Gasteiger partial charge in [-0.25, -0.2) is 5.06 Å². The number of imide groups is 1. The highest BCUT2D eigenvalue weighted by molar-refractivity contribution is 6.21. The van der Waals surface area contributed by atoms with Crippen molar-refractivity contribution >= 4 is 18.2 Å². The number of benzene rings is 1. The van der Waals surface area contributed by atoms with Gasteiger partial charge in [0.2, 0.25) is 6.41 Å². The Balaban J connectivity index is 1.74. The maximum absolute atomic E-state index is 12.1. The Morgan fingerprint density at radius 1 is 1.00 bits per heavy atom. The van der Waals surface area contributed by atoms with Gasteiger partial charge in [-0.3, -0.25) is 24.5 Å². The quantitative estimate of drug-likeness (QED) is 0.260. The third kappa shape index (κ3) is 3.46. The summed E-state index contributed by atoms with van der Waals surface area (Å²) >= 11 is 0. The molecule has 0 spiro atoms. The maximum Gasteiger partial charge on any atom is 0.261 e. The molecule has 1 aromatic rings. The summed E-state index contributed by atoms with van der Waals surface area (Å²) in [6.45, 7) is 0.708. The highest BCUT2D eigenvalue weighted by Crippen LogP contribution is 2.22. The zero-order valence-corrected chi connectivity index (χ0v) is 11.7. The Hall–Kier alpha value is -2.21. The lowest BCUT2D eigenvalue weighted by molar-refractivity contribution is -0.149. The summed E-state index contributed by atoms with van der Waals surface area (Å²) in [5.74, 6) is -0.448. The molecule has 1 N–H and O–H groups in total. The summed E-state index contributed by atoms with van der Waals surface area (Å²) in [5.41, 5.74) is 0.953. The minimum Gasteiger partial charge on any atom is -0.286 e. The van der Waals surface area contributed by atoms with Gasteiger partial charge >= 0.3 is 0 Å². The van der Waals surface area contributed by atoms with Gasteiger partial charge in [0.1, 0.15) is 0 Å². The molecule has 1 aliphatic rings. The lowest BCUT2D eigenvalue weighted by atomic mass is 10.1. The van der Waals surface area contributed by atoms with E-state index in [1.54, 1.807) is 24.3 Å². The molecule has 0 radical (unpaired) electrons. The van der Waals surface area contributed by atoms with Crippen LogP contribution in [-0.2, 0) is 4.79 Å². The van der Waals surface area contributed by atoms with E-state index >= 15 is 0 Å². The average molecular weight is 290 g/mol. The number of hydrogen-bond acceptors (Lipinski definition) is 4. The van der Waals surface area contributed by atoms with Gasteiger partial charge < -0.3 is 0 Å². The number of carbonyl (C=O) groups excluding carboxylic acids is 3. The first-order valence-electron chi connectivity index (χ1n) is 7.01. The number of rotatable bonds is 8. The molecule has 0 saturated carbocycles. The standard InChI is InChI=1S/C15H18N2O4/c18-11-16(21)9-5-1-2-6-10-17-14(19)12-7-3-4-8-13(12)15(17)20/h3-4,7-8,11,21H,1-2,5-6,9-10H2. The Morgan fingerprint density at radius 3 is 2.14 bits per heavy atom. The summed E-state index contributed by atoms with van der Waals surface area (Å²) in [4.78, 5) is 35.6. The molecule has 0 aliphatic carbocycles. The normalized spacial score (nSPS) is 13.5. The van der Waals surface area contributed by atoms with Crippen LogP contribution in [0.2, 0.25) is 0 Å². The molecular formula is C15H18N2O4. The Labute approximate surface area is 122 Å². The van der Waals surface area contributed by atoms with E-state index in [-0.39, 0.29) is 11.8 Å². The average Bonchev–Trinajstić information content (AvgIpc) is 2.75. The van der Waals surface area contributed by atoms with Gasteiger partial charge in [-0.2, -0.15) is 0 Å². The molecule has 1 aromatic carbocycles. The second kappa shape index (κ2) is 6.99. The van der Waals surface area contributed by atoms with Crippen LogP contribution in [0.25, 0.3) is 0 Å². The lowest BCUT2D eigenvalue weighted by Gasteiger charge is -2.13. The maximum atomic E-state index is 12.1. The van der Waals surface area contributed by atoms with Gasteiger partial charge in [-0.1, -0.05) is 25.0 Å². The third-order valence-corrected chi connectivity index (χ3v) is 3.52. The molecule has 3 amide bonds. The fourth-order valence-electron chi connectivity index (χ4n) is 2.39. The molecule has 0 unspecified atom stereocenters. The van der Waals surface area contributed by atoms with Crippen molar-refractivity contribution in [3.05, 3.63) is 35.4 Å².